The van der Waals surface area contributed by atoms with Gasteiger partial charge in [-0.15, -0.1) is 0 Å². The SMILES string of the molecule is CCCCCCCCCCCCCCCCCCC(C)(c1ccc(O)cc1)c1ccc(O)cc1. The minimum absolute atomic E-state index is 0.114. The zero-order chi connectivity index (χ0) is 24.5. The molecule has 0 fully saturated rings. The van der Waals surface area contributed by atoms with Crippen molar-refractivity contribution in [3.63, 3.8) is 0 Å². The zero-order valence-electron chi connectivity index (χ0n) is 22.0. The summed E-state index contributed by atoms with van der Waals surface area (Å²) in [4.78, 5) is 0. The van der Waals surface area contributed by atoms with Crippen molar-refractivity contribution in [2.75, 3.05) is 0 Å². The van der Waals surface area contributed by atoms with Crippen molar-refractivity contribution in [2.24, 2.45) is 0 Å². The van der Waals surface area contributed by atoms with Crippen LogP contribution in [0.4, 0.5) is 0 Å². The van der Waals surface area contributed by atoms with Crippen LogP contribution in [0.5, 0.6) is 11.5 Å². The number of hydrogen-bond donors (Lipinski definition) is 2. The molecule has 190 valence electrons. The third-order valence-electron chi connectivity index (χ3n) is 7.54. The highest BCUT2D eigenvalue weighted by molar-refractivity contribution is 5.42. The monoisotopic (exact) mass is 466 g/mol. The molecular formula is C32H50O2. The van der Waals surface area contributed by atoms with Crippen molar-refractivity contribution in [3.05, 3.63) is 59.7 Å². The Labute approximate surface area is 209 Å². The number of phenols is 2. The van der Waals surface area contributed by atoms with Crippen LogP contribution in [0.2, 0.25) is 0 Å². The fourth-order valence-electron chi connectivity index (χ4n) is 5.14. The molecule has 0 amide bonds. The summed E-state index contributed by atoms with van der Waals surface area (Å²) in [6, 6.07) is 15.3. The Bertz CT molecular complexity index is 702. The Kier molecular flexibility index (Phi) is 13.8. The van der Waals surface area contributed by atoms with Gasteiger partial charge in [0, 0.05) is 5.41 Å². The van der Waals surface area contributed by atoms with Gasteiger partial charge in [-0.05, 0) is 41.8 Å². The van der Waals surface area contributed by atoms with Gasteiger partial charge < -0.3 is 10.2 Å². The maximum absolute atomic E-state index is 9.72. The van der Waals surface area contributed by atoms with Crippen LogP contribution in [0.1, 0.15) is 134 Å². The average Bonchev–Trinajstić information content (AvgIpc) is 2.84. The van der Waals surface area contributed by atoms with E-state index in [1.165, 1.54) is 114 Å². The van der Waals surface area contributed by atoms with Gasteiger partial charge in [0.1, 0.15) is 11.5 Å². The lowest BCUT2D eigenvalue weighted by Crippen LogP contribution is -2.23. The van der Waals surface area contributed by atoms with Crippen molar-refractivity contribution < 1.29 is 10.2 Å². The lowest BCUT2D eigenvalue weighted by Gasteiger charge is -2.31. The van der Waals surface area contributed by atoms with Gasteiger partial charge in [0.2, 0.25) is 0 Å². The molecule has 2 aromatic carbocycles. The molecule has 0 radical (unpaired) electrons. The first kappa shape index (κ1) is 28.3. The summed E-state index contributed by atoms with van der Waals surface area (Å²) in [6.45, 7) is 4.58. The Morgan fingerprint density at radius 1 is 0.471 bits per heavy atom. The maximum atomic E-state index is 9.72. The van der Waals surface area contributed by atoms with E-state index in [1.807, 2.05) is 24.3 Å². The number of hydrogen-bond acceptors (Lipinski definition) is 2. The van der Waals surface area contributed by atoms with Crippen LogP contribution in [-0.4, -0.2) is 10.2 Å². The van der Waals surface area contributed by atoms with E-state index in [0.29, 0.717) is 11.5 Å². The highest BCUT2D eigenvalue weighted by atomic mass is 16.3. The molecule has 0 aromatic heterocycles. The van der Waals surface area contributed by atoms with Crippen LogP contribution in [-0.2, 0) is 5.41 Å². The molecule has 2 aromatic rings. The minimum atomic E-state index is -0.114. The van der Waals surface area contributed by atoms with Gasteiger partial charge in [0.15, 0.2) is 0 Å². The number of unbranched alkanes of at least 4 members (excludes halogenated alkanes) is 15. The molecule has 0 saturated heterocycles. The number of benzene rings is 2. The lowest BCUT2D eigenvalue weighted by molar-refractivity contribution is 0.459. The molecule has 2 N–H and O–H groups in total. The summed E-state index contributed by atoms with van der Waals surface area (Å²) < 4.78 is 0. The summed E-state index contributed by atoms with van der Waals surface area (Å²) >= 11 is 0. The summed E-state index contributed by atoms with van der Waals surface area (Å²) in [5.74, 6) is 0.610. The molecule has 0 bridgehead atoms. The molecular weight excluding hydrogens is 416 g/mol. The van der Waals surface area contributed by atoms with E-state index < -0.39 is 0 Å². The molecule has 2 rings (SSSR count). The first-order valence-electron chi connectivity index (χ1n) is 14.2. The van der Waals surface area contributed by atoms with E-state index in [9.17, 15) is 10.2 Å². The Hall–Kier alpha value is -1.96. The maximum Gasteiger partial charge on any atom is 0.115 e. The summed E-state index contributed by atoms with van der Waals surface area (Å²) in [5.41, 5.74) is 2.33. The average molecular weight is 467 g/mol. The second-order valence-corrected chi connectivity index (χ2v) is 10.5. The predicted octanol–water partition coefficient (Wildman–Crippen LogP) is 10.1. The third kappa shape index (κ3) is 10.5. The van der Waals surface area contributed by atoms with E-state index >= 15 is 0 Å². The zero-order valence-corrected chi connectivity index (χ0v) is 22.0. The second-order valence-electron chi connectivity index (χ2n) is 10.5. The van der Waals surface area contributed by atoms with Gasteiger partial charge >= 0.3 is 0 Å². The quantitative estimate of drug-likeness (QED) is 0.202. The van der Waals surface area contributed by atoms with Crippen molar-refractivity contribution in [2.45, 2.75) is 128 Å². The van der Waals surface area contributed by atoms with Crippen molar-refractivity contribution in [1.82, 2.24) is 0 Å². The molecule has 0 heterocycles. The van der Waals surface area contributed by atoms with Gasteiger partial charge in [-0.3, -0.25) is 0 Å². The predicted molar refractivity (Wildman–Crippen MR) is 147 cm³/mol. The first-order valence-corrected chi connectivity index (χ1v) is 14.2. The molecule has 2 heteroatoms. The van der Waals surface area contributed by atoms with Crippen molar-refractivity contribution in [1.29, 1.82) is 0 Å². The normalized spacial score (nSPS) is 11.7. The number of phenolic OH excluding ortho intramolecular Hbond substituents is 2. The van der Waals surface area contributed by atoms with E-state index in [-0.39, 0.29) is 5.41 Å². The Morgan fingerprint density at radius 2 is 0.765 bits per heavy atom. The molecule has 0 unspecified atom stereocenters. The van der Waals surface area contributed by atoms with E-state index in [4.69, 9.17) is 0 Å². The van der Waals surface area contributed by atoms with E-state index in [1.54, 1.807) is 24.3 Å². The fourth-order valence-corrected chi connectivity index (χ4v) is 5.14. The Balaban J connectivity index is 1.60. The molecule has 0 aliphatic carbocycles. The summed E-state index contributed by atoms with van der Waals surface area (Å²) in [7, 11) is 0. The van der Waals surface area contributed by atoms with E-state index in [2.05, 4.69) is 13.8 Å². The second kappa shape index (κ2) is 16.6. The third-order valence-corrected chi connectivity index (χ3v) is 7.54. The molecule has 0 aliphatic rings. The molecule has 2 nitrogen and oxygen atoms in total. The van der Waals surface area contributed by atoms with Gasteiger partial charge in [0.25, 0.3) is 0 Å². The summed E-state index contributed by atoms with van der Waals surface area (Å²) in [6.07, 6.45) is 23.2. The topological polar surface area (TPSA) is 40.5 Å². The van der Waals surface area contributed by atoms with Crippen LogP contribution in [0.3, 0.4) is 0 Å². The molecule has 0 aliphatic heterocycles. The van der Waals surface area contributed by atoms with Crippen LogP contribution in [0.25, 0.3) is 0 Å². The van der Waals surface area contributed by atoms with Gasteiger partial charge in [0.05, 0.1) is 0 Å². The van der Waals surface area contributed by atoms with Crippen molar-refractivity contribution in [3.8, 4) is 11.5 Å². The van der Waals surface area contributed by atoms with Crippen LogP contribution in [0, 0.1) is 0 Å². The van der Waals surface area contributed by atoms with Gasteiger partial charge in [-0.2, -0.15) is 0 Å². The molecule has 34 heavy (non-hydrogen) atoms. The van der Waals surface area contributed by atoms with Crippen LogP contribution >= 0.6 is 0 Å². The van der Waals surface area contributed by atoms with Crippen molar-refractivity contribution >= 4 is 0 Å². The van der Waals surface area contributed by atoms with Gasteiger partial charge in [-0.1, -0.05) is 141 Å². The largest absolute Gasteiger partial charge is 0.508 e. The van der Waals surface area contributed by atoms with Crippen LogP contribution in [0.15, 0.2) is 48.5 Å². The van der Waals surface area contributed by atoms with Gasteiger partial charge in [-0.25, -0.2) is 0 Å². The van der Waals surface area contributed by atoms with Crippen LogP contribution < -0.4 is 0 Å². The molecule has 0 atom stereocenters. The number of aromatic hydroxyl groups is 2. The minimum Gasteiger partial charge on any atom is -0.508 e. The molecule has 0 saturated carbocycles. The Morgan fingerprint density at radius 3 is 1.09 bits per heavy atom. The standard InChI is InChI=1S/C32H50O2/c1-3-4-5-6-7-8-9-10-11-12-13-14-15-16-17-18-27-32(2,28-19-23-30(33)24-20-28)29-21-25-31(34)26-22-29/h19-26,33-34H,3-18,27H2,1-2H3. The fraction of sp³-hybridized carbons (Fsp3) is 0.625. The lowest BCUT2D eigenvalue weighted by atomic mass is 9.72. The molecule has 0 spiro atoms. The number of rotatable bonds is 19. The highest BCUT2D eigenvalue weighted by Crippen LogP contribution is 2.38. The van der Waals surface area contributed by atoms with E-state index in [0.717, 1.165) is 6.42 Å². The summed E-state index contributed by atoms with van der Waals surface area (Å²) in [5, 5.41) is 19.4. The smallest absolute Gasteiger partial charge is 0.115 e. The first-order chi connectivity index (χ1) is 16.6. The highest BCUT2D eigenvalue weighted by Gasteiger charge is 2.28.